The van der Waals surface area contributed by atoms with Crippen molar-refractivity contribution in [3.05, 3.63) is 54.1 Å². The van der Waals surface area contributed by atoms with E-state index in [2.05, 4.69) is 5.32 Å². The third-order valence-electron chi connectivity index (χ3n) is 4.76. The van der Waals surface area contributed by atoms with Crippen molar-refractivity contribution in [2.45, 2.75) is 13.3 Å². The normalized spacial score (nSPS) is 18.5. The Hall–Kier alpha value is -3.55. The van der Waals surface area contributed by atoms with E-state index in [1.807, 2.05) is 0 Å². The zero-order valence-corrected chi connectivity index (χ0v) is 15.3. The van der Waals surface area contributed by atoms with Gasteiger partial charge in [0.05, 0.1) is 11.0 Å². The lowest BCUT2D eigenvalue weighted by Gasteiger charge is -2.20. The minimum Gasteiger partial charge on any atom is -0.481 e. The second-order valence-corrected chi connectivity index (χ2v) is 6.95. The average molecular weight is 383 g/mol. The first-order valence-electron chi connectivity index (χ1n) is 8.74. The summed E-state index contributed by atoms with van der Waals surface area (Å²) >= 11 is 0. The molecule has 0 spiro atoms. The molecule has 146 valence electrons. The number of nitrogens with zero attached hydrogens (tertiary/aromatic N) is 1. The molecule has 2 aromatic carbocycles. The molecule has 1 atom stereocenters. The fourth-order valence-corrected chi connectivity index (χ4v) is 3.00. The van der Waals surface area contributed by atoms with Gasteiger partial charge < -0.3 is 25.8 Å². The van der Waals surface area contributed by atoms with E-state index in [4.69, 9.17) is 10.5 Å². The smallest absolute Gasteiger partial charge is 0.321 e. The summed E-state index contributed by atoms with van der Waals surface area (Å²) in [5.74, 6) is -0.665. The molecular weight excluding hydrogens is 362 g/mol. The summed E-state index contributed by atoms with van der Waals surface area (Å²) < 4.78 is 5.69. The SMILES string of the molecule is CC1(C(=O)O)CCN(C(=O)Nc2ccc(Oc3ccccc3C(N)=O)cc2)C1. The maximum atomic E-state index is 12.4. The van der Waals surface area contributed by atoms with Crippen molar-refractivity contribution < 1.29 is 24.2 Å². The van der Waals surface area contributed by atoms with Crippen LogP contribution in [0.25, 0.3) is 0 Å². The number of hydrogen-bond acceptors (Lipinski definition) is 4. The average Bonchev–Trinajstić information content (AvgIpc) is 3.07. The molecule has 3 rings (SSSR count). The van der Waals surface area contributed by atoms with Crippen LogP contribution in [0.3, 0.4) is 0 Å². The largest absolute Gasteiger partial charge is 0.481 e. The maximum absolute atomic E-state index is 12.4. The van der Waals surface area contributed by atoms with Crippen LogP contribution in [0.1, 0.15) is 23.7 Å². The zero-order valence-electron chi connectivity index (χ0n) is 15.3. The Morgan fingerprint density at radius 2 is 1.82 bits per heavy atom. The standard InChI is InChI=1S/C20H21N3O5/c1-20(18(25)26)10-11-23(12-20)19(27)22-13-6-8-14(9-7-13)28-16-5-3-2-4-15(16)17(21)24/h2-9H,10-12H2,1H3,(H2,21,24)(H,22,27)(H,25,26). The highest BCUT2D eigenvalue weighted by Crippen LogP contribution is 2.31. The lowest BCUT2D eigenvalue weighted by atomic mass is 9.90. The van der Waals surface area contributed by atoms with Crippen LogP contribution >= 0.6 is 0 Å². The van der Waals surface area contributed by atoms with Gasteiger partial charge in [0.2, 0.25) is 0 Å². The second-order valence-electron chi connectivity index (χ2n) is 6.95. The number of carbonyl (C=O) groups is 3. The molecule has 28 heavy (non-hydrogen) atoms. The van der Waals surface area contributed by atoms with E-state index in [0.29, 0.717) is 30.2 Å². The van der Waals surface area contributed by atoms with Crippen molar-refractivity contribution >= 4 is 23.6 Å². The first-order valence-corrected chi connectivity index (χ1v) is 8.74. The summed E-state index contributed by atoms with van der Waals surface area (Å²) in [7, 11) is 0. The molecule has 1 saturated heterocycles. The van der Waals surface area contributed by atoms with Gasteiger partial charge in [-0.25, -0.2) is 4.79 Å². The minimum atomic E-state index is -0.914. The Kier molecular flexibility index (Phi) is 5.21. The van der Waals surface area contributed by atoms with Gasteiger partial charge >= 0.3 is 12.0 Å². The molecule has 1 aliphatic heterocycles. The summed E-state index contributed by atoms with van der Waals surface area (Å²) in [5, 5.41) is 12.0. The van der Waals surface area contributed by atoms with Crippen LogP contribution < -0.4 is 15.8 Å². The molecule has 0 saturated carbocycles. The van der Waals surface area contributed by atoms with E-state index in [9.17, 15) is 19.5 Å². The monoisotopic (exact) mass is 383 g/mol. The molecular formula is C20H21N3O5. The van der Waals surface area contributed by atoms with Crippen LogP contribution in [0.2, 0.25) is 0 Å². The first-order chi connectivity index (χ1) is 13.3. The summed E-state index contributed by atoms with van der Waals surface area (Å²) in [4.78, 5) is 36.6. The van der Waals surface area contributed by atoms with E-state index < -0.39 is 17.3 Å². The van der Waals surface area contributed by atoms with Gasteiger partial charge in [0.25, 0.3) is 5.91 Å². The van der Waals surface area contributed by atoms with Gasteiger partial charge in [0.15, 0.2) is 0 Å². The number of likely N-dealkylation sites (tertiary alicyclic amines) is 1. The molecule has 2 aromatic rings. The van der Waals surface area contributed by atoms with Gasteiger partial charge in [0.1, 0.15) is 11.5 Å². The fraction of sp³-hybridized carbons (Fsp3) is 0.250. The van der Waals surface area contributed by atoms with Gasteiger partial charge in [-0.15, -0.1) is 0 Å². The Balaban J connectivity index is 1.63. The first kappa shape index (κ1) is 19.2. The Labute approximate surface area is 161 Å². The summed E-state index contributed by atoms with van der Waals surface area (Å²) in [6.07, 6.45) is 0.418. The lowest BCUT2D eigenvalue weighted by molar-refractivity contribution is -0.146. The number of anilines is 1. The predicted octanol–water partition coefficient (Wildman–Crippen LogP) is 2.91. The molecule has 0 bridgehead atoms. The molecule has 8 heteroatoms. The maximum Gasteiger partial charge on any atom is 0.321 e. The highest BCUT2D eigenvalue weighted by molar-refractivity contribution is 5.95. The minimum absolute atomic E-state index is 0.166. The quantitative estimate of drug-likeness (QED) is 0.733. The number of amides is 3. The highest BCUT2D eigenvalue weighted by Gasteiger charge is 2.42. The number of rotatable bonds is 5. The second kappa shape index (κ2) is 7.59. The van der Waals surface area contributed by atoms with Crippen molar-refractivity contribution in [1.29, 1.82) is 0 Å². The van der Waals surface area contributed by atoms with Crippen molar-refractivity contribution in [3.63, 3.8) is 0 Å². The molecule has 1 fully saturated rings. The number of urea groups is 1. The molecule has 1 aliphatic rings. The van der Waals surface area contributed by atoms with Crippen molar-refractivity contribution in [2.24, 2.45) is 11.1 Å². The third kappa shape index (κ3) is 4.06. The molecule has 0 aliphatic carbocycles. The number of benzene rings is 2. The number of nitrogens with one attached hydrogen (secondary N) is 1. The zero-order chi connectivity index (χ0) is 20.3. The Morgan fingerprint density at radius 1 is 1.14 bits per heavy atom. The van der Waals surface area contributed by atoms with Gasteiger partial charge in [-0.3, -0.25) is 9.59 Å². The predicted molar refractivity (Wildman–Crippen MR) is 102 cm³/mol. The Bertz CT molecular complexity index is 912. The van der Waals surface area contributed by atoms with E-state index >= 15 is 0 Å². The number of para-hydroxylation sites is 1. The molecule has 1 heterocycles. The van der Waals surface area contributed by atoms with Crippen LogP contribution in [0.5, 0.6) is 11.5 Å². The number of aliphatic carboxylic acids is 1. The molecule has 4 N–H and O–H groups in total. The van der Waals surface area contributed by atoms with Crippen LogP contribution in [-0.4, -0.2) is 41.0 Å². The van der Waals surface area contributed by atoms with E-state index in [1.165, 1.54) is 4.90 Å². The fourth-order valence-electron chi connectivity index (χ4n) is 3.00. The summed E-state index contributed by atoms with van der Waals surface area (Å²) in [5.41, 5.74) is 5.24. The number of primary amides is 1. The molecule has 8 nitrogen and oxygen atoms in total. The topological polar surface area (TPSA) is 122 Å². The lowest BCUT2D eigenvalue weighted by Crippen LogP contribution is -2.37. The van der Waals surface area contributed by atoms with Gasteiger partial charge in [-0.1, -0.05) is 12.1 Å². The van der Waals surface area contributed by atoms with Crippen LogP contribution in [-0.2, 0) is 4.79 Å². The molecule has 3 amide bonds. The van der Waals surface area contributed by atoms with Gasteiger partial charge in [-0.2, -0.15) is 0 Å². The number of nitrogens with two attached hydrogens (primary N) is 1. The van der Waals surface area contributed by atoms with E-state index in [1.54, 1.807) is 55.5 Å². The van der Waals surface area contributed by atoms with Crippen molar-refractivity contribution in [3.8, 4) is 11.5 Å². The number of carboxylic acids is 1. The highest BCUT2D eigenvalue weighted by atomic mass is 16.5. The van der Waals surface area contributed by atoms with Gasteiger partial charge in [-0.05, 0) is 49.7 Å². The van der Waals surface area contributed by atoms with Crippen LogP contribution in [0.4, 0.5) is 10.5 Å². The summed E-state index contributed by atoms with van der Waals surface area (Å²) in [6, 6.07) is 12.9. The number of carbonyl (C=O) groups excluding carboxylic acids is 2. The van der Waals surface area contributed by atoms with E-state index in [-0.39, 0.29) is 18.1 Å². The Morgan fingerprint density at radius 3 is 2.43 bits per heavy atom. The van der Waals surface area contributed by atoms with Gasteiger partial charge in [0, 0.05) is 18.8 Å². The molecule has 1 unspecified atom stereocenters. The number of hydrogen-bond donors (Lipinski definition) is 3. The van der Waals surface area contributed by atoms with E-state index in [0.717, 1.165) is 0 Å². The molecule has 0 aromatic heterocycles. The molecule has 0 radical (unpaired) electrons. The van der Waals surface area contributed by atoms with Crippen molar-refractivity contribution in [1.82, 2.24) is 4.90 Å². The van der Waals surface area contributed by atoms with Crippen molar-refractivity contribution in [2.75, 3.05) is 18.4 Å². The number of ether oxygens (including phenoxy) is 1. The third-order valence-corrected chi connectivity index (χ3v) is 4.76. The van der Waals surface area contributed by atoms with Crippen LogP contribution in [0.15, 0.2) is 48.5 Å². The summed E-state index contributed by atoms with van der Waals surface area (Å²) in [6.45, 7) is 2.19. The number of carboxylic acid groups (broad SMARTS) is 1. The van der Waals surface area contributed by atoms with Crippen LogP contribution in [0, 0.1) is 5.41 Å².